The molecule has 0 aliphatic heterocycles. The Bertz CT molecular complexity index is 1160. The maximum atomic E-state index is 12.7. The number of rotatable bonds is 7. The molecule has 0 heterocycles. The van der Waals surface area contributed by atoms with Crippen LogP contribution in [-0.4, -0.2) is 28.5 Å². The van der Waals surface area contributed by atoms with Crippen molar-refractivity contribution >= 4 is 27.3 Å². The normalized spacial score (nSPS) is 10.9. The van der Waals surface area contributed by atoms with Gasteiger partial charge in [-0.1, -0.05) is 23.8 Å². The molecule has 0 aliphatic rings. The predicted molar refractivity (Wildman–Crippen MR) is 116 cm³/mol. The van der Waals surface area contributed by atoms with E-state index in [0.717, 1.165) is 5.56 Å². The van der Waals surface area contributed by atoms with E-state index < -0.39 is 15.9 Å². The molecule has 30 heavy (non-hydrogen) atoms. The molecule has 3 aromatic carbocycles. The third-order valence-corrected chi connectivity index (χ3v) is 5.75. The Balaban J connectivity index is 1.82. The first kappa shape index (κ1) is 21.2. The fourth-order valence-corrected chi connectivity index (χ4v) is 3.84. The molecular formula is C22H22N2O5S. The van der Waals surface area contributed by atoms with Crippen LogP contribution in [-0.2, 0) is 10.0 Å². The van der Waals surface area contributed by atoms with Gasteiger partial charge in [0, 0.05) is 17.3 Å². The van der Waals surface area contributed by atoms with Gasteiger partial charge in [-0.05, 0) is 49.4 Å². The van der Waals surface area contributed by atoms with Crippen molar-refractivity contribution in [2.75, 3.05) is 24.3 Å². The minimum absolute atomic E-state index is 0.0163. The van der Waals surface area contributed by atoms with Gasteiger partial charge in [0.25, 0.3) is 15.9 Å². The molecule has 0 unspecified atom stereocenters. The highest BCUT2D eigenvalue weighted by atomic mass is 32.2. The van der Waals surface area contributed by atoms with Crippen molar-refractivity contribution in [1.82, 2.24) is 0 Å². The summed E-state index contributed by atoms with van der Waals surface area (Å²) in [5.41, 5.74) is 2.10. The number of sulfonamides is 1. The summed E-state index contributed by atoms with van der Waals surface area (Å²) in [6.07, 6.45) is 0. The predicted octanol–water partition coefficient (Wildman–Crippen LogP) is 4.07. The molecule has 3 rings (SSSR count). The Labute approximate surface area is 175 Å². The van der Waals surface area contributed by atoms with Crippen LogP contribution in [0.1, 0.15) is 15.9 Å². The highest BCUT2D eigenvalue weighted by Gasteiger charge is 2.17. The highest BCUT2D eigenvalue weighted by Crippen LogP contribution is 2.29. The lowest BCUT2D eigenvalue weighted by Gasteiger charge is -2.12. The Kier molecular flexibility index (Phi) is 6.27. The molecule has 0 spiro atoms. The fraction of sp³-hybridized carbons (Fsp3) is 0.136. The molecule has 0 aliphatic carbocycles. The van der Waals surface area contributed by atoms with Crippen LogP contribution in [0.2, 0.25) is 0 Å². The Hall–Kier alpha value is -3.52. The summed E-state index contributed by atoms with van der Waals surface area (Å²) in [4.78, 5) is 12.7. The molecule has 1 amide bonds. The highest BCUT2D eigenvalue weighted by molar-refractivity contribution is 7.92. The number of anilines is 2. The molecule has 2 N–H and O–H groups in total. The second-order valence-corrected chi connectivity index (χ2v) is 8.20. The van der Waals surface area contributed by atoms with Gasteiger partial charge in [0.05, 0.1) is 24.8 Å². The number of ether oxygens (including phenoxy) is 2. The lowest BCUT2D eigenvalue weighted by atomic mass is 10.2. The smallest absolute Gasteiger partial charge is 0.261 e. The van der Waals surface area contributed by atoms with E-state index in [1.54, 1.807) is 30.3 Å². The quantitative estimate of drug-likeness (QED) is 0.594. The second kappa shape index (κ2) is 8.87. The molecule has 156 valence electrons. The average Bonchev–Trinajstić information content (AvgIpc) is 2.75. The van der Waals surface area contributed by atoms with E-state index in [9.17, 15) is 13.2 Å². The fourth-order valence-electron chi connectivity index (χ4n) is 2.74. The molecular weight excluding hydrogens is 404 g/mol. The van der Waals surface area contributed by atoms with Gasteiger partial charge in [-0.15, -0.1) is 0 Å². The maximum absolute atomic E-state index is 12.7. The number of carbonyl (C=O) groups excluding carboxylic acids is 1. The summed E-state index contributed by atoms with van der Waals surface area (Å²) in [5, 5.41) is 2.73. The van der Waals surface area contributed by atoms with E-state index in [1.807, 2.05) is 19.1 Å². The molecule has 8 heteroatoms. The van der Waals surface area contributed by atoms with E-state index in [4.69, 9.17) is 9.47 Å². The lowest BCUT2D eigenvalue weighted by Crippen LogP contribution is -2.16. The van der Waals surface area contributed by atoms with Crippen LogP contribution >= 0.6 is 0 Å². The van der Waals surface area contributed by atoms with Gasteiger partial charge in [-0.3, -0.25) is 9.52 Å². The SMILES string of the molecule is COc1ccc(NC(=O)c2cccc(S(=O)(=O)Nc3ccc(C)cc3)c2)c(OC)c1. The van der Waals surface area contributed by atoms with Crippen LogP contribution in [0.25, 0.3) is 0 Å². The zero-order chi connectivity index (χ0) is 21.7. The summed E-state index contributed by atoms with van der Waals surface area (Å²) in [6.45, 7) is 1.91. The van der Waals surface area contributed by atoms with Crippen LogP contribution in [0.5, 0.6) is 11.5 Å². The molecule has 0 aromatic heterocycles. The molecule has 0 atom stereocenters. The minimum atomic E-state index is -3.85. The average molecular weight is 426 g/mol. The summed E-state index contributed by atoms with van der Waals surface area (Å²) in [7, 11) is -0.836. The Morgan fingerprint density at radius 1 is 0.900 bits per heavy atom. The van der Waals surface area contributed by atoms with E-state index in [2.05, 4.69) is 10.0 Å². The van der Waals surface area contributed by atoms with Crippen LogP contribution in [0, 0.1) is 6.92 Å². The monoisotopic (exact) mass is 426 g/mol. The molecule has 0 fully saturated rings. The van der Waals surface area contributed by atoms with Crippen molar-refractivity contribution < 1.29 is 22.7 Å². The first-order valence-corrected chi connectivity index (χ1v) is 10.5. The number of nitrogens with one attached hydrogen (secondary N) is 2. The first-order chi connectivity index (χ1) is 14.3. The van der Waals surface area contributed by atoms with Gasteiger partial charge in [-0.25, -0.2) is 8.42 Å². The molecule has 3 aromatic rings. The number of carbonyl (C=O) groups is 1. The standard InChI is InChI=1S/C22H22N2O5S/c1-15-7-9-17(10-8-15)24-30(26,27)19-6-4-5-16(13-19)22(25)23-20-12-11-18(28-2)14-21(20)29-3/h4-14,24H,1-3H3,(H,23,25). The zero-order valence-electron chi connectivity index (χ0n) is 16.8. The van der Waals surface area contributed by atoms with Crippen molar-refractivity contribution in [3.63, 3.8) is 0 Å². The second-order valence-electron chi connectivity index (χ2n) is 6.52. The number of benzene rings is 3. The lowest BCUT2D eigenvalue weighted by molar-refractivity contribution is 0.102. The van der Waals surface area contributed by atoms with E-state index in [0.29, 0.717) is 22.9 Å². The van der Waals surface area contributed by atoms with Crippen LogP contribution in [0.3, 0.4) is 0 Å². The Morgan fingerprint density at radius 3 is 2.30 bits per heavy atom. The molecule has 0 radical (unpaired) electrons. The molecule has 0 saturated heterocycles. The van der Waals surface area contributed by atoms with Crippen molar-refractivity contribution in [2.45, 2.75) is 11.8 Å². The third kappa shape index (κ3) is 4.90. The Morgan fingerprint density at radius 2 is 1.63 bits per heavy atom. The van der Waals surface area contributed by atoms with Crippen molar-refractivity contribution in [2.24, 2.45) is 0 Å². The molecule has 0 bridgehead atoms. The van der Waals surface area contributed by atoms with E-state index >= 15 is 0 Å². The maximum Gasteiger partial charge on any atom is 0.261 e. The number of methoxy groups -OCH3 is 2. The number of aryl methyl sites for hydroxylation is 1. The molecule has 0 saturated carbocycles. The van der Waals surface area contributed by atoms with Gasteiger partial charge >= 0.3 is 0 Å². The largest absolute Gasteiger partial charge is 0.497 e. The van der Waals surface area contributed by atoms with Gasteiger partial charge in [0.15, 0.2) is 0 Å². The van der Waals surface area contributed by atoms with Crippen LogP contribution in [0.4, 0.5) is 11.4 Å². The summed E-state index contributed by atoms with van der Waals surface area (Å²) < 4.78 is 38.4. The zero-order valence-corrected chi connectivity index (χ0v) is 17.6. The van der Waals surface area contributed by atoms with E-state index in [-0.39, 0.29) is 10.5 Å². The van der Waals surface area contributed by atoms with Crippen molar-refractivity contribution in [1.29, 1.82) is 0 Å². The first-order valence-electron chi connectivity index (χ1n) is 9.05. The number of amides is 1. The van der Waals surface area contributed by atoms with Gasteiger partial charge in [0.2, 0.25) is 0 Å². The van der Waals surface area contributed by atoms with Crippen molar-refractivity contribution in [3.05, 3.63) is 77.9 Å². The van der Waals surface area contributed by atoms with Crippen molar-refractivity contribution in [3.8, 4) is 11.5 Å². The third-order valence-electron chi connectivity index (χ3n) is 4.37. The van der Waals surface area contributed by atoms with Gasteiger partial charge in [-0.2, -0.15) is 0 Å². The number of hydrogen-bond acceptors (Lipinski definition) is 5. The summed E-state index contributed by atoms with van der Waals surface area (Å²) >= 11 is 0. The number of hydrogen-bond donors (Lipinski definition) is 2. The van der Waals surface area contributed by atoms with Gasteiger partial charge < -0.3 is 14.8 Å². The summed E-state index contributed by atoms with van der Waals surface area (Å²) in [6, 6.07) is 17.8. The topological polar surface area (TPSA) is 93.7 Å². The van der Waals surface area contributed by atoms with Crippen LogP contribution < -0.4 is 19.5 Å². The van der Waals surface area contributed by atoms with Gasteiger partial charge in [0.1, 0.15) is 11.5 Å². The summed E-state index contributed by atoms with van der Waals surface area (Å²) in [5.74, 6) is 0.540. The minimum Gasteiger partial charge on any atom is -0.497 e. The van der Waals surface area contributed by atoms with E-state index in [1.165, 1.54) is 38.5 Å². The van der Waals surface area contributed by atoms with Crippen LogP contribution in [0.15, 0.2) is 71.6 Å². The molecule has 7 nitrogen and oxygen atoms in total.